The smallest absolute Gasteiger partial charge is 0.242 e. The van der Waals surface area contributed by atoms with Crippen LogP contribution in [0.5, 0.6) is 0 Å². The molecule has 0 fully saturated rings. The van der Waals surface area contributed by atoms with Crippen LogP contribution in [0.4, 0.5) is 0 Å². The Morgan fingerprint density at radius 2 is 1.55 bits per heavy atom. The minimum absolute atomic E-state index is 0.854. The van der Waals surface area contributed by atoms with E-state index in [0.29, 0.717) is 0 Å². The van der Waals surface area contributed by atoms with Gasteiger partial charge in [0.2, 0.25) is 8.32 Å². The molecule has 0 aliphatic heterocycles. The summed E-state index contributed by atoms with van der Waals surface area (Å²) in [4.78, 5) is 0. The van der Waals surface area contributed by atoms with Gasteiger partial charge < -0.3 is 4.43 Å². The van der Waals surface area contributed by atoms with Crippen LogP contribution in [0.1, 0.15) is 48.8 Å². The molecule has 1 aliphatic carbocycles. The molecule has 0 aromatic heterocycles. The minimum atomic E-state index is -1.56. The van der Waals surface area contributed by atoms with Crippen LogP contribution in [0.3, 0.4) is 0 Å². The first-order valence-electron chi connectivity index (χ1n) is 7.96. The van der Waals surface area contributed by atoms with Crippen molar-refractivity contribution in [2.24, 2.45) is 0 Å². The van der Waals surface area contributed by atoms with Gasteiger partial charge in [0.1, 0.15) is 5.76 Å². The summed E-state index contributed by atoms with van der Waals surface area (Å²) in [5, 5.41) is 0. The number of rotatable bonds is 3. The second-order valence-corrected chi connectivity index (χ2v) is 11.3. The van der Waals surface area contributed by atoms with E-state index < -0.39 is 8.32 Å². The SMILES string of the molecule is C=C(O[Si](C)(C)C)c1ccc2c(c1)CCCCCCC2. The van der Waals surface area contributed by atoms with Gasteiger partial charge in [-0.05, 0) is 62.5 Å². The van der Waals surface area contributed by atoms with E-state index >= 15 is 0 Å². The van der Waals surface area contributed by atoms with Crippen LogP contribution in [-0.4, -0.2) is 8.32 Å². The zero-order valence-corrected chi connectivity index (χ0v) is 14.3. The van der Waals surface area contributed by atoms with E-state index in [2.05, 4.69) is 44.4 Å². The normalized spacial score (nSPS) is 16.6. The van der Waals surface area contributed by atoms with Crippen molar-refractivity contribution in [2.45, 2.75) is 64.6 Å². The van der Waals surface area contributed by atoms with E-state index in [9.17, 15) is 0 Å². The summed E-state index contributed by atoms with van der Waals surface area (Å²) in [5.74, 6) is 0.854. The molecule has 0 amide bonds. The first-order valence-corrected chi connectivity index (χ1v) is 11.4. The van der Waals surface area contributed by atoms with E-state index in [-0.39, 0.29) is 0 Å². The molecule has 0 atom stereocenters. The predicted molar refractivity (Wildman–Crippen MR) is 90.4 cm³/mol. The molecule has 1 aromatic rings. The summed E-state index contributed by atoms with van der Waals surface area (Å²) in [6.07, 6.45) is 9.24. The molecule has 0 spiro atoms. The summed E-state index contributed by atoms with van der Waals surface area (Å²) in [5.41, 5.74) is 4.23. The topological polar surface area (TPSA) is 9.23 Å². The van der Waals surface area contributed by atoms with Gasteiger partial charge in [-0.1, -0.05) is 38.0 Å². The van der Waals surface area contributed by atoms with E-state index in [1.54, 1.807) is 0 Å². The van der Waals surface area contributed by atoms with Crippen molar-refractivity contribution < 1.29 is 4.43 Å². The van der Waals surface area contributed by atoms with Crippen LogP contribution in [0.25, 0.3) is 5.76 Å². The van der Waals surface area contributed by atoms with Crippen LogP contribution < -0.4 is 0 Å². The molecule has 0 N–H and O–H groups in total. The quantitative estimate of drug-likeness (QED) is 0.523. The molecule has 20 heavy (non-hydrogen) atoms. The molecule has 0 bridgehead atoms. The highest BCUT2D eigenvalue weighted by Gasteiger charge is 2.18. The lowest BCUT2D eigenvalue weighted by molar-refractivity contribution is 0.516. The Kier molecular flexibility index (Phi) is 5.09. The molecule has 0 saturated carbocycles. The number of aryl methyl sites for hydroxylation is 2. The van der Waals surface area contributed by atoms with Gasteiger partial charge in [0.25, 0.3) is 0 Å². The Bertz CT molecular complexity index is 471. The Morgan fingerprint density at radius 3 is 2.20 bits per heavy atom. The van der Waals surface area contributed by atoms with Gasteiger partial charge in [-0.25, -0.2) is 0 Å². The molecular formula is C18H28OSi. The van der Waals surface area contributed by atoms with Gasteiger partial charge in [-0.2, -0.15) is 0 Å². The van der Waals surface area contributed by atoms with E-state index in [1.165, 1.54) is 61.6 Å². The molecule has 1 aromatic carbocycles. The van der Waals surface area contributed by atoms with Gasteiger partial charge in [0.05, 0.1) is 0 Å². The van der Waals surface area contributed by atoms with E-state index in [4.69, 9.17) is 4.43 Å². The molecule has 1 nitrogen and oxygen atoms in total. The van der Waals surface area contributed by atoms with Crippen molar-refractivity contribution in [1.82, 2.24) is 0 Å². The van der Waals surface area contributed by atoms with Crippen molar-refractivity contribution in [1.29, 1.82) is 0 Å². The zero-order chi connectivity index (χ0) is 14.6. The third kappa shape index (κ3) is 4.52. The van der Waals surface area contributed by atoms with Gasteiger partial charge in [-0.15, -0.1) is 0 Å². The number of fused-ring (bicyclic) bond motifs is 1. The standard InChI is InChI=1S/C18H28OSi/c1-15(19-20(2,3)4)17-13-12-16-10-8-6-5-7-9-11-18(16)14-17/h12-14H,1,5-11H2,2-4H3. The maximum Gasteiger partial charge on any atom is 0.242 e. The molecule has 2 heteroatoms. The summed E-state index contributed by atoms with van der Waals surface area (Å²) in [7, 11) is -1.56. The lowest BCUT2D eigenvalue weighted by atomic mass is 9.97. The largest absolute Gasteiger partial charge is 0.544 e. The van der Waals surface area contributed by atoms with Gasteiger partial charge in [0, 0.05) is 5.56 Å². The average Bonchev–Trinajstić information content (AvgIpc) is 2.47. The molecule has 0 radical (unpaired) electrons. The second-order valence-electron chi connectivity index (χ2n) is 6.89. The van der Waals surface area contributed by atoms with Crippen LogP contribution >= 0.6 is 0 Å². The van der Waals surface area contributed by atoms with Crippen molar-refractivity contribution in [3.63, 3.8) is 0 Å². The van der Waals surface area contributed by atoms with Crippen LogP contribution in [0.15, 0.2) is 24.8 Å². The molecule has 110 valence electrons. The maximum absolute atomic E-state index is 6.04. The fourth-order valence-electron chi connectivity index (χ4n) is 2.87. The van der Waals surface area contributed by atoms with Crippen LogP contribution in [0, 0.1) is 0 Å². The highest BCUT2D eigenvalue weighted by atomic mass is 28.4. The lowest BCUT2D eigenvalue weighted by Gasteiger charge is -2.22. The third-order valence-electron chi connectivity index (χ3n) is 3.85. The molecule has 2 rings (SSSR count). The molecule has 0 unspecified atom stereocenters. The summed E-state index contributed by atoms with van der Waals surface area (Å²) in [6, 6.07) is 6.82. The Morgan fingerprint density at radius 1 is 0.950 bits per heavy atom. The molecule has 0 heterocycles. The first kappa shape index (κ1) is 15.4. The van der Waals surface area contributed by atoms with Crippen molar-refractivity contribution in [3.05, 3.63) is 41.5 Å². The Labute approximate surface area is 125 Å². The first-order chi connectivity index (χ1) is 9.46. The molecule has 0 saturated heterocycles. The van der Waals surface area contributed by atoms with Gasteiger partial charge >= 0.3 is 0 Å². The number of benzene rings is 1. The van der Waals surface area contributed by atoms with Crippen molar-refractivity contribution in [3.8, 4) is 0 Å². The predicted octanol–water partition coefficient (Wildman–Crippen LogP) is 5.56. The van der Waals surface area contributed by atoms with E-state index in [0.717, 1.165) is 5.76 Å². The molecule has 1 aliphatic rings. The Balaban J connectivity index is 2.18. The third-order valence-corrected chi connectivity index (χ3v) is 4.71. The zero-order valence-electron chi connectivity index (χ0n) is 13.3. The fourth-order valence-corrected chi connectivity index (χ4v) is 3.72. The maximum atomic E-state index is 6.04. The fraction of sp³-hybridized carbons (Fsp3) is 0.556. The van der Waals surface area contributed by atoms with Crippen LogP contribution in [-0.2, 0) is 17.3 Å². The highest BCUT2D eigenvalue weighted by molar-refractivity contribution is 6.70. The Hall–Kier alpha value is -1.02. The lowest BCUT2D eigenvalue weighted by Crippen LogP contribution is -2.24. The van der Waals surface area contributed by atoms with Crippen molar-refractivity contribution >= 4 is 14.1 Å². The van der Waals surface area contributed by atoms with E-state index in [1.807, 2.05) is 0 Å². The summed E-state index contributed by atoms with van der Waals surface area (Å²) < 4.78 is 6.04. The van der Waals surface area contributed by atoms with Gasteiger partial charge in [-0.3, -0.25) is 0 Å². The highest BCUT2D eigenvalue weighted by Crippen LogP contribution is 2.25. The van der Waals surface area contributed by atoms with Crippen molar-refractivity contribution in [2.75, 3.05) is 0 Å². The van der Waals surface area contributed by atoms with Crippen LogP contribution in [0.2, 0.25) is 19.6 Å². The second kappa shape index (κ2) is 6.62. The summed E-state index contributed by atoms with van der Waals surface area (Å²) in [6.45, 7) is 10.7. The minimum Gasteiger partial charge on any atom is -0.544 e. The molecular weight excluding hydrogens is 260 g/mol. The van der Waals surface area contributed by atoms with Gasteiger partial charge in [0.15, 0.2) is 0 Å². The number of hydrogen-bond acceptors (Lipinski definition) is 1. The summed E-state index contributed by atoms with van der Waals surface area (Å²) >= 11 is 0. The average molecular weight is 289 g/mol. The monoisotopic (exact) mass is 288 g/mol. The number of hydrogen-bond donors (Lipinski definition) is 0.